The number of hydrogen-bond acceptors (Lipinski definition) is 4. The first kappa shape index (κ1) is 11.3. The lowest BCUT2D eigenvalue weighted by atomic mass is 9.93. The molecule has 2 N–H and O–H groups in total. The van der Waals surface area contributed by atoms with E-state index in [2.05, 4.69) is 27.5 Å². The number of fused-ring (bicyclic) bond motifs is 1. The van der Waals surface area contributed by atoms with Gasteiger partial charge in [-0.2, -0.15) is 0 Å². The Morgan fingerprint density at radius 2 is 2.33 bits per heavy atom. The van der Waals surface area contributed by atoms with Gasteiger partial charge in [0.05, 0.1) is 6.20 Å². The maximum Gasteiger partial charge on any atom is 0.180 e. The van der Waals surface area contributed by atoms with E-state index in [0.717, 1.165) is 30.2 Å². The van der Waals surface area contributed by atoms with Crippen LogP contribution in [0.4, 0.5) is 11.6 Å². The maximum atomic E-state index is 4.63. The van der Waals surface area contributed by atoms with E-state index < -0.39 is 0 Å². The Balaban J connectivity index is 1.89. The highest BCUT2D eigenvalue weighted by atomic mass is 15.2. The van der Waals surface area contributed by atoms with Crippen molar-refractivity contribution in [3.05, 3.63) is 18.6 Å². The van der Waals surface area contributed by atoms with E-state index in [1.165, 1.54) is 19.3 Å². The van der Waals surface area contributed by atoms with Gasteiger partial charge in [0.15, 0.2) is 11.5 Å². The quantitative estimate of drug-likeness (QED) is 0.850. The summed E-state index contributed by atoms with van der Waals surface area (Å²) in [6.07, 6.45) is 10.6. The Hall–Kier alpha value is -1.78. The van der Waals surface area contributed by atoms with E-state index >= 15 is 0 Å². The highest BCUT2D eigenvalue weighted by Crippen LogP contribution is 2.25. The molecule has 2 aromatic heterocycles. The van der Waals surface area contributed by atoms with Gasteiger partial charge in [-0.05, 0) is 25.7 Å². The van der Waals surface area contributed by atoms with Gasteiger partial charge in [-0.3, -0.25) is 0 Å². The van der Waals surface area contributed by atoms with Gasteiger partial charge >= 0.3 is 0 Å². The average molecular weight is 245 g/mol. The second-order valence-electron chi connectivity index (χ2n) is 4.83. The standard InChI is InChI=1S/C13H19N5/c1-2-6-14-11-9-18-8-7-15-13(18)12(17-11)16-10-4-3-5-10/h7-10,14H,2-6H2,1H3,(H,16,17). The second kappa shape index (κ2) is 4.84. The Morgan fingerprint density at radius 3 is 3.06 bits per heavy atom. The lowest BCUT2D eigenvalue weighted by Gasteiger charge is -2.27. The van der Waals surface area contributed by atoms with Gasteiger partial charge in [0, 0.05) is 25.0 Å². The van der Waals surface area contributed by atoms with Crippen molar-refractivity contribution in [2.45, 2.75) is 38.6 Å². The van der Waals surface area contributed by atoms with E-state index in [9.17, 15) is 0 Å². The van der Waals surface area contributed by atoms with E-state index in [1.54, 1.807) is 0 Å². The van der Waals surface area contributed by atoms with E-state index in [-0.39, 0.29) is 0 Å². The van der Waals surface area contributed by atoms with Crippen molar-refractivity contribution in [3.63, 3.8) is 0 Å². The molecule has 1 aliphatic carbocycles. The number of rotatable bonds is 5. The average Bonchev–Trinajstić information content (AvgIpc) is 2.79. The molecular weight excluding hydrogens is 226 g/mol. The van der Waals surface area contributed by atoms with Crippen LogP contribution in [0.25, 0.3) is 5.65 Å². The third kappa shape index (κ3) is 2.12. The Labute approximate surface area is 107 Å². The van der Waals surface area contributed by atoms with Crippen LogP contribution in [0.2, 0.25) is 0 Å². The molecular formula is C13H19N5. The van der Waals surface area contributed by atoms with E-state index in [0.29, 0.717) is 6.04 Å². The van der Waals surface area contributed by atoms with Crippen molar-refractivity contribution in [2.24, 2.45) is 0 Å². The van der Waals surface area contributed by atoms with Gasteiger partial charge in [0.2, 0.25) is 0 Å². The van der Waals surface area contributed by atoms with Crippen molar-refractivity contribution in [3.8, 4) is 0 Å². The van der Waals surface area contributed by atoms with Crippen LogP contribution in [-0.2, 0) is 0 Å². The fourth-order valence-corrected chi connectivity index (χ4v) is 2.11. The molecule has 0 bridgehead atoms. The second-order valence-corrected chi connectivity index (χ2v) is 4.83. The topological polar surface area (TPSA) is 54.2 Å². The van der Waals surface area contributed by atoms with Crippen LogP contribution in [0.15, 0.2) is 18.6 Å². The van der Waals surface area contributed by atoms with Gasteiger partial charge < -0.3 is 15.0 Å². The summed E-state index contributed by atoms with van der Waals surface area (Å²) in [7, 11) is 0. The predicted octanol–water partition coefficient (Wildman–Crippen LogP) is 2.52. The number of nitrogens with one attached hydrogen (secondary N) is 2. The van der Waals surface area contributed by atoms with Gasteiger partial charge in [-0.1, -0.05) is 6.92 Å². The maximum absolute atomic E-state index is 4.63. The summed E-state index contributed by atoms with van der Waals surface area (Å²) in [5, 5.41) is 6.82. The molecule has 3 rings (SSSR count). The molecule has 5 nitrogen and oxygen atoms in total. The first-order valence-corrected chi connectivity index (χ1v) is 6.71. The van der Waals surface area contributed by atoms with Crippen LogP contribution < -0.4 is 10.6 Å². The molecule has 2 aromatic rings. The lowest BCUT2D eigenvalue weighted by molar-refractivity contribution is 0.444. The van der Waals surface area contributed by atoms with E-state index in [1.807, 2.05) is 23.0 Å². The molecule has 0 amide bonds. The van der Waals surface area contributed by atoms with Crippen LogP contribution in [0.5, 0.6) is 0 Å². The van der Waals surface area contributed by atoms with Crippen molar-refractivity contribution >= 4 is 17.3 Å². The summed E-state index contributed by atoms with van der Waals surface area (Å²) in [6.45, 7) is 3.09. The lowest BCUT2D eigenvalue weighted by Crippen LogP contribution is -2.28. The van der Waals surface area contributed by atoms with Crippen LogP contribution >= 0.6 is 0 Å². The fourth-order valence-electron chi connectivity index (χ4n) is 2.11. The summed E-state index contributed by atoms with van der Waals surface area (Å²) >= 11 is 0. The number of hydrogen-bond donors (Lipinski definition) is 2. The molecule has 1 saturated carbocycles. The smallest absolute Gasteiger partial charge is 0.180 e. The third-order valence-corrected chi connectivity index (χ3v) is 3.38. The van der Waals surface area contributed by atoms with Crippen molar-refractivity contribution in [1.82, 2.24) is 14.4 Å². The third-order valence-electron chi connectivity index (χ3n) is 3.38. The SMILES string of the molecule is CCCNc1cn2ccnc2c(NC2CCC2)n1. The minimum atomic E-state index is 0.569. The Kier molecular flexibility index (Phi) is 3.04. The normalized spacial score (nSPS) is 15.6. The Morgan fingerprint density at radius 1 is 1.44 bits per heavy atom. The van der Waals surface area contributed by atoms with Gasteiger partial charge in [-0.25, -0.2) is 9.97 Å². The molecule has 0 saturated heterocycles. The predicted molar refractivity (Wildman–Crippen MR) is 73.0 cm³/mol. The minimum Gasteiger partial charge on any atom is -0.369 e. The minimum absolute atomic E-state index is 0.569. The fraction of sp³-hybridized carbons (Fsp3) is 0.538. The molecule has 1 fully saturated rings. The van der Waals surface area contributed by atoms with Crippen molar-refractivity contribution in [1.29, 1.82) is 0 Å². The monoisotopic (exact) mass is 245 g/mol. The van der Waals surface area contributed by atoms with Crippen molar-refractivity contribution in [2.75, 3.05) is 17.2 Å². The molecule has 0 aliphatic heterocycles. The van der Waals surface area contributed by atoms with Crippen molar-refractivity contribution < 1.29 is 0 Å². The summed E-state index contributed by atoms with van der Waals surface area (Å²) in [5.41, 5.74) is 0.906. The zero-order chi connectivity index (χ0) is 12.4. The molecule has 96 valence electrons. The number of aromatic nitrogens is 3. The van der Waals surface area contributed by atoms with Gasteiger partial charge in [0.1, 0.15) is 5.82 Å². The zero-order valence-electron chi connectivity index (χ0n) is 10.7. The molecule has 0 aromatic carbocycles. The van der Waals surface area contributed by atoms with Crippen LogP contribution in [0.1, 0.15) is 32.6 Å². The van der Waals surface area contributed by atoms with Gasteiger partial charge in [-0.15, -0.1) is 0 Å². The highest BCUT2D eigenvalue weighted by Gasteiger charge is 2.19. The molecule has 0 unspecified atom stereocenters. The Bertz CT molecular complexity index is 529. The van der Waals surface area contributed by atoms with Gasteiger partial charge in [0.25, 0.3) is 0 Å². The highest BCUT2D eigenvalue weighted by molar-refractivity contribution is 5.65. The molecule has 0 radical (unpaired) electrons. The zero-order valence-corrected chi connectivity index (χ0v) is 10.7. The summed E-state index contributed by atoms with van der Waals surface area (Å²) in [5.74, 6) is 1.80. The molecule has 2 heterocycles. The first-order chi connectivity index (χ1) is 8.86. The molecule has 5 heteroatoms. The van der Waals surface area contributed by atoms with Crippen LogP contribution in [0, 0.1) is 0 Å². The molecule has 1 aliphatic rings. The van der Waals surface area contributed by atoms with Crippen LogP contribution in [0.3, 0.4) is 0 Å². The summed E-state index contributed by atoms with van der Waals surface area (Å²) in [4.78, 5) is 8.99. The van der Waals surface area contributed by atoms with E-state index in [4.69, 9.17) is 0 Å². The summed E-state index contributed by atoms with van der Waals surface area (Å²) < 4.78 is 2.02. The number of imidazole rings is 1. The number of nitrogens with zero attached hydrogens (tertiary/aromatic N) is 3. The molecule has 18 heavy (non-hydrogen) atoms. The molecule has 0 spiro atoms. The van der Waals surface area contributed by atoms with Crippen LogP contribution in [-0.4, -0.2) is 27.0 Å². The summed E-state index contributed by atoms with van der Waals surface area (Å²) in [6, 6.07) is 0.569. The first-order valence-electron chi connectivity index (χ1n) is 6.71. The number of anilines is 2. The largest absolute Gasteiger partial charge is 0.369 e. The molecule has 0 atom stereocenters.